The van der Waals surface area contributed by atoms with Crippen molar-refractivity contribution < 1.29 is 0 Å². The molecule has 0 aromatic carbocycles. The first-order valence-corrected chi connectivity index (χ1v) is 19.2. The van der Waals surface area contributed by atoms with E-state index in [2.05, 4.69) is 39.3 Å². The molecule has 0 heterocycles. The molecule has 1 saturated carbocycles. The molecule has 0 atom stereocenters. The Kier molecular flexibility index (Phi) is 6.66. The van der Waals surface area contributed by atoms with Crippen LogP contribution in [0.2, 0.25) is 63.5 Å². The van der Waals surface area contributed by atoms with Crippen LogP contribution in [-0.2, 0) is 0 Å². The van der Waals surface area contributed by atoms with Gasteiger partial charge in [0.2, 0.25) is 0 Å². The van der Waals surface area contributed by atoms with Gasteiger partial charge in [-0.05, 0) is 30.0 Å². The molecule has 0 unspecified atom stereocenters. The third-order valence-electron chi connectivity index (χ3n) is 5.20. The molecule has 2 aliphatic rings. The third kappa shape index (κ3) is 6.02. The molecule has 131 valence electrons. The lowest BCUT2D eigenvalue weighted by molar-refractivity contribution is 0.968. The number of hydrogen-bond acceptors (Lipinski definition) is 0. The molecular weight excluding hydrogens is 348 g/mol. The summed E-state index contributed by atoms with van der Waals surface area (Å²) >= 11 is 6.77. The maximum absolute atomic E-state index is 6.77. The predicted molar refractivity (Wildman–Crippen MR) is 115 cm³/mol. The number of rotatable bonds is 9. The maximum atomic E-state index is 6.77. The smallest absolute Gasteiger partial charge is 0.0845 e. The molecule has 0 aromatic heterocycles. The first-order valence-electron chi connectivity index (χ1n) is 9.52. The maximum Gasteiger partial charge on any atom is 0.0875 e. The van der Waals surface area contributed by atoms with Crippen LogP contribution in [0.1, 0.15) is 32.1 Å². The summed E-state index contributed by atoms with van der Waals surface area (Å²) in [7, 11) is -2.20. The highest BCUT2D eigenvalue weighted by Gasteiger charge is 2.33. The van der Waals surface area contributed by atoms with E-state index in [1.165, 1.54) is 61.3 Å². The van der Waals surface area contributed by atoms with Gasteiger partial charge in [-0.15, -0.1) is 0 Å². The SMILES string of the molecule is C[Si](C)(C)CCC[Si](CCC[Si](C)(C)C)C1=C2CCC(=C1Cl)C2. The number of hydrogen-bond donors (Lipinski definition) is 0. The van der Waals surface area contributed by atoms with Crippen molar-refractivity contribution in [1.82, 2.24) is 0 Å². The summed E-state index contributed by atoms with van der Waals surface area (Å²) in [5, 5.41) is 2.95. The van der Waals surface area contributed by atoms with Gasteiger partial charge in [-0.3, -0.25) is 0 Å². The van der Waals surface area contributed by atoms with Crippen molar-refractivity contribution >= 4 is 36.5 Å². The van der Waals surface area contributed by atoms with Crippen LogP contribution in [-0.4, -0.2) is 24.9 Å². The van der Waals surface area contributed by atoms with Crippen LogP contribution in [0, 0.1) is 0 Å². The Morgan fingerprint density at radius 2 is 1.30 bits per heavy atom. The molecule has 1 fully saturated rings. The minimum Gasteiger partial charge on any atom is -0.0845 e. The topological polar surface area (TPSA) is 0 Å². The first kappa shape index (κ1) is 19.7. The highest BCUT2D eigenvalue weighted by atomic mass is 35.5. The lowest BCUT2D eigenvalue weighted by Crippen LogP contribution is -2.24. The van der Waals surface area contributed by atoms with Crippen molar-refractivity contribution in [3.05, 3.63) is 21.4 Å². The lowest BCUT2D eigenvalue weighted by atomic mass is 10.2. The van der Waals surface area contributed by atoms with Gasteiger partial charge in [0.25, 0.3) is 0 Å². The molecule has 0 nitrogen and oxygen atoms in total. The summed E-state index contributed by atoms with van der Waals surface area (Å²) < 4.78 is 0. The van der Waals surface area contributed by atoms with Gasteiger partial charge in [-0.2, -0.15) is 0 Å². The molecule has 4 heteroatoms. The molecule has 2 rings (SSSR count). The van der Waals surface area contributed by atoms with E-state index in [4.69, 9.17) is 11.6 Å². The average Bonchev–Trinajstić information content (AvgIpc) is 2.95. The second-order valence-electron chi connectivity index (χ2n) is 10.0. The molecule has 0 N–H and O–H groups in total. The molecule has 0 saturated heterocycles. The third-order valence-corrected chi connectivity index (χ3v) is 12.7. The molecule has 0 aliphatic heterocycles. The Morgan fingerprint density at radius 3 is 1.70 bits per heavy atom. The van der Waals surface area contributed by atoms with Crippen molar-refractivity contribution in [3.63, 3.8) is 0 Å². The van der Waals surface area contributed by atoms with Gasteiger partial charge < -0.3 is 0 Å². The van der Waals surface area contributed by atoms with E-state index in [1.807, 2.05) is 0 Å². The predicted octanol–water partition coefficient (Wildman–Crippen LogP) is 7.46. The Balaban J connectivity index is 1.99. The number of halogens is 1. The van der Waals surface area contributed by atoms with Gasteiger partial charge in [0.05, 0.1) is 8.80 Å². The molecule has 1 radical (unpaired) electrons. The van der Waals surface area contributed by atoms with Gasteiger partial charge in [-0.1, -0.05) is 93.5 Å². The minimum atomic E-state index is -0.896. The fourth-order valence-electron chi connectivity index (χ4n) is 3.91. The Morgan fingerprint density at radius 1 is 0.826 bits per heavy atom. The van der Waals surface area contributed by atoms with E-state index in [-0.39, 0.29) is 0 Å². The zero-order valence-corrected chi connectivity index (χ0v) is 20.0. The van der Waals surface area contributed by atoms with Crippen molar-refractivity contribution in [2.24, 2.45) is 0 Å². The van der Waals surface area contributed by atoms with Crippen LogP contribution < -0.4 is 0 Å². The van der Waals surface area contributed by atoms with Gasteiger partial charge >= 0.3 is 0 Å². The number of allylic oxidation sites excluding steroid dienone is 4. The summed E-state index contributed by atoms with van der Waals surface area (Å²) in [5.41, 5.74) is 3.33. The zero-order valence-electron chi connectivity index (χ0n) is 16.2. The Labute approximate surface area is 153 Å². The molecular formula is C19H36ClSi3. The monoisotopic (exact) mass is 383 g/mol. The normalized spacial score (nSPS) is 18.8. The van der Waals surface area contributed by atoms with Crippen LogP contribution in [0.15, 0.2) is 21.4 Å². The second-order valence-corrected chi connectivity index (χ2v) is 24.3. The molecule has 23 heavy (non-hydrogen) atoms. The minimum absolute atomic E-state index is 0.411. The van der Waals surface area contributed by atoms with E-state index in [1.54, 1.807) is 16.3 Å². The molecule has 0 spiro atoms. The summed E-state index contributed by atoms with van der Waals surface area (Å²) in [6.45, 7) is 15.1. The highest BCUT2D eigenvalue weighted by molar-refractivity contribution is 6.77. The van der Waals surface area contributed by atoms with E-state index in [0.717, 1.165) is 0 Å². The van der Waals surface area contributed by atoms with E-state index < -0.39 is 24.9 Å². The van der Waals surface area contributed by atoms with Crippen LogP contribution >= 0.6 is 11.6 Å². The molecule has 0 amide bonds. The number of fused-ring (bicyclic) bond motifs is 2. The van der Waals surface area contributed by atoms with Crippen molar-refractivity contribution in [1.29, 1.82) is 0 Å². The first-order chi connectivity index (χ1) is 10.6. The average molecular weight is 384 g/mol. The highest BCUT2D eigenvalue weighted by Crippen LogP contribution is 2.47. The fraction of sp³-hybridized carbons (Fsp3) is 0.789. The van der Waals surface area contributed by atoms with Crippen LogP contribution in [0.3, 0.4) is 0 Å². The largest absolute Gasteiger partial charge is 0.0875 e. The van der Waals surface area contributed by atoms with Gasteiger partial charge in [0, 0.05) is 21.2 Å². The van der Waals surface area contributed by atoms with Crippen LogP contribution in [0.5, 0.6) is 0 Å². The van der Waals surface area contributed by atoms with Crippen molar-refractivity contribution in [3.8, 4) is 0 Å². The quantitative estimate of drug-likeness (QED) is 0.362. The summed E-state index contributed by atoms with van der Waals surface area (Å²) in [5.74, 6) is 0. The van der Waals surface area contributed by atoms with E-state index >= 15 is 0 Å². The van der Waals surface area contributed by atoms with Gasteiger partial charge in [-0.25, -0.2) is 0 Å². The Bertz CT molecular complexity index is 472. The summed E-state index contributed by atoms with van der Waals surface area (Å²) in [6.07, 6.45) is 6.73. The van der Waals surface area contributed by atoms with Crippen molar-refractivity contribution in [2.45, 2.75) is 95.6 Å². The molecule has 2 bridgehead atoms. The van der Waals surface area contributed by atoms with Crippen LogP contribution in [0.25, 0.3) is 0 Å². The van der Waals surface area contributed by atoms with Gasteiger partial charge in [0.1, 0.15) is 0 Å². The summed E-state index contributed by atoms with van der Waals surface area (Å²) in [6, 6.07) is 5.93. The zero-order chi connectivity index (χ0) is 17.3. The van der Waals surface area contributed by atoms with Crippen molar-refractivity contribution in [2.75, 3.05) is 0 Å². The second kappa shape index (κ2) is 7.76. The standard InChI is InChI=1S/C19H36ClSi3/c1-22(2,3)13-7-11-21(12-8-14-23(4,5)6)19-17-10-9-16(15-17)18(19)20/h7-15H2,1-6H3. The summed E-state index contributed by atoms with van der Waals surface area (Å²) in [4.78, 5) is 0. The Hall–Kier alpha value is 0.421. The van der Waals surface area contributed by atoms with E-state index in [0.29, 0.717) is 0 Å². The fourth-order valence-corrected chi connectivity index (χ4v) is 10.9. The van der Waals surface area contributed by atoms with Gasteiger partial charge in [0.15, 0.2) is 0 Å². The molecule has 0 aromatic rings. The van der Waals surface area contributed by atoms with Crippen LogP contribution in [0.4, 0.5) is 0 Å². The van der Waals surface area contributed by atoms with E-state index in [9.17, 15) is 0 Å². The molecule has 2 aliphatic carbocycles. The lowest BCUT2D eigenvalue weighted by Gasteiger charge is -2.24.